The van der Waals surface area contributed by atoms with Crippen LogP contribution < -0.4 is 0 Å². The number of phenolic OH excluding ortho intramolecular Hbond substituents is 1. The van der Waals surface area contributed by atoms with Gasteiger partial charge in [0.05, 0.1) is 0 Å². The lowest BCUT2D eigenvalue weighted by Gasteiger charge is -1.97. The summed E-state index contributed by atoms with van der Waals surface area (Å²) in [7, 11) is 1.76. The summed E-state index contributed by atoms with van der Waals surface area (Å²) in [4.78, 5) is 10.8. The minimum atomic E-state index is 0.204. The van der Waals surface area contributed by atoms with Crippen LogP contribution in [-0.2, 0) is 7.05 Å². The number of phenols is 1. The number of nitrogens with zero attached hydrogens (tertiary/aromatic N) is 2. The smallest absolute Gasteiger partial charge is 0.170 e. The maximum Gasteiger partial charge on any atom is 0.170 e. The van der Waals surface area contributed by atoms with E-state index in [0.717, 1.165) is 17.4 Å². The van der Waals surface area contributed by atoms with Gasteiger partial charge >= 0.3 is 0 Å². The fraction of sp³-hybridized carbons (Fsp3) is 0.0909. The molecule has 0 aliphatic rings. The molecule has 1 aromatic carbocycles. The number of hydrogen-bond donors (Lipinski definition) is 1. The van der Waals surface area contributed by atoms with E-state index in [1.54, 1.807) is 42.2 Å². The lowest BCUT2D eigenvalue weighted by molar-refractivity contribution is 0.111. The summed E-state index contributed by atoms with van der Waals surface area (Å²) < 4.78 is 1.59. The molecule has 4 heteroatoms. The second-order valence-corrected chi connectivity index (χ2v) is 3.27. The van der Waals surface area contributed by atoms with Crippen LogP contribution in [-0.4, -0.2) is 21.2 Å². The van der Waals surface area contributed by atoms with Crippen molar-refractivity contribution in [2.24, 2.45) is 7.05 Å². The molecule has 0 radical (unpaired) electrons. The van der Waals surface area contributed by atoms with Gasteiger partial charge in [-0.25, -0.2) is 0 Å². The zero-order chi connectivity index (χ0) is 10.8. The van der Waals surface area contributed by atoms with Gasteiger partial charge < -0.3 is 5.11 Å². The third kappa shape index (κ3) is 1.74. The Morgan fingerprint density at radius 2 is 2.00 bits per heavy atom. The summed E-state index contributed by atoms with van der Waals surface area (Å²) in [6.07, 6.45) is 2.50. The van der Waals surface area contributed by atoms with Crippen molar-refractivity contribution >= 4 is 6.29 Å². The van der Waals surface area contributed by atoms with E-state index in [2.05, 4.69) is 5.10 Å². The molecule has 1 N–H and O–H groups in total. The molecule has 2 aromatic rings. The maximum absolute atomic E-state index is 10.8. The number of aryl methyl sites for hydroxylation is 1. The first-order chi connectivity index (χ1) is 7.20. The van der Waals surface area contributed by atoms with Crippen LogP contribution in [0.25, 0.3) is 11.1 Å². The quantitative estimate of drug-likeness (QED) is 0.752. The molecule has 1 heterocycles. The SMILES string of the molecule is Cn1cc(-c2ccc(O)cc2)c(C=O)n1. The third-order valence-electron chi connectivity index (χ3n) is 2.15. The minimum absolute atomic E-state index is 0.204. The van der Waals surface area contributed by atoms with Gasteiger partial charge in [0.15, 0.2) is 6.29 Å². The van der Waals surface area contributed by atoms with Crippen molar-refractivity contribution in [1.29, 1.82) is 0 Å². The zero-order valence-electron chi connectivity index (χ0n) is 8.21. The monoisotopic (exact) mass is 202 g/mol. The van der Waals surface area contributed by atoms with Crippen LogP contribution in [0.15, 0.2) is 30.5 Å². The average Bonchev–Trinajstić information content (AvgIpc) is 2.61. The molecule has 0 saturated carbocycles. The molecule has 0 aliphatic heterocycles. The molecule has 2 rings (SSSR count). The van der Waals surface area contributed by atoms with Crippen molar-refractivity contribution in [1.82, 2.24) is 9.78 Å². The van der Waals surface area contributed by atoms with Crippen molar-refractivity contribution in [2.75, 3.05) is 0 Å². The predicted molar refractivity (Wildman–Crippen MR) is 55.7 cm³/mol. The largest absolute Gasteiger partial charge is 0.508 e. The number of aromatic nitrogens is 2. The van der Waals surface area contributed by atoms with E-state index >= 15 is 0 Å². The number of aldehydes is 1. The highest BCUT2D eigenvalue weighted by Crippen LogP contribution is 2.23. The summed E-state index contributed by atoms with van der Waals surface area (Å²) in [5.41, 5.74) is 2.04. The maximum atomic E-state index is 10.8. The van der Waals surface area contributed by atoms with Gasteiger partial charge in [-0.15, -0.1) is 0 Å². The van der Waals surface area contributed by atoms with Crippen molar-refractivity contribution in [2.45, 2.75) is 0 Å². The molecular weight excluding hydrogens is 192 g/mol. The van der Waals surface area contributed by atoms with Crippen molar-refractivity contribution < 1.29 is 9.90 Å². The number of aromatic hydroxyl groups is 1. The highest BCUT2D eigenvalue weighted by molar-refractivity contribution is 5.84. The molecule has 0 fully saturated rings. The van der Waals surface area contributed by atoms with Gasteiger partial charge in [-0.2, -0.15) is 5.10 Å². The van der Waals surface area contributed by atoms with E-state index in [0.29, 0.717) is 5.69 Å². The molecule has 1 aromatic heterocycles. The summed E-state index contributed by atoms with van der Waals surface area (Å²) in [6, 6.07) is 6.66. The molecule has 0 saturated heterocycles. The minimum Gasteiger partial charge on any atom is -0.508 e. The first-order valence-corrected chi connectivity index (χ1v) is 4.49. The van der Waals surface area contributed by atoms with Crippen LogP contribution in [0, 0.1) is 0 Å². The van der Waals surface area contributed by atoms with E-state index in [1.165, 1.54) is 0 Å². The van der Waals surface area contributed by atoms with E-state index in [9.17, 15) is 4.79 Å². The summed E-state index contributed by atoms with van der Waals surface area (Å²) >= 11 is 0. The fourth-order valence-corrected chi connectivity index (χ4v) is 1.46. The Bertz CT molecular complexity index is 486. The number of carbonyl (C=O) groups excluding carboxylic acids is 1. The predicted octanol–water partition coefficient (Wildman–Crippen LogP) is 1.61. The van der Waals surface area contributed by atoms with Gasteiger partial charge in [-0.1, -0.05) is 12.1 Å². The summed E-state index contributed by atoms with van der Waals surface area (Å²) in [5.74, 6) is 0.204. The van der Waals surface area contributed by atoms with Gasteiger partial charge in [0.2, 0.25) is 0 Å². The van der Waals surface area contributed by atoms with Gasteiger partial charge in [0.1, 0.15) is 11.4 Å². The number of hydrogen-bond acceptors (Lipinski definition) is 3. The second kappa shape index (κ2) is 3.57. The molecule has 0 spiro atoms. The summed E-state index contributed by atoms with van der Waals surface area (Å²) in [5, 5.41) is 13.2. The van der Waals surface area contributed by atoms with Gasteiger partial charge in [0, 0.05) is 18.8 Å². The van der Waals surface area contributed by atoms with Gasteiger partial charge in [0.25, 0.3) is 0 Å². The Morgan fingerprint density at radius 3 is 2.60 bits per heavy atom. The lowest BCUT2D eigenvalue weighted by atomic mass is 10.1. The van der Waals surface area contributed by atoms with E-state index < -0.39 is 0 Å². The average molecular weight is 202 g/mol. The number of benzene rings is 1. The van der Waals surface area contributed by atoms with Gasteiger partial charge in [-0.3, -0.25) is 9.48 Å². The fourth-order valence-electron chi connectivity index (χ4n) is 1.46. The highest BCUT2D eigenvalue weighted by Gasteiger charge is 2.08. The Kier molecular flexibility index (Phi) is 2.25. The summed E-state index contributed by atoms with van der Waals surface area (Å²) in [6.45, 7) is 0. The number of carbonyl (C=O) groups is 1. The molecule has 0 unspecified atom stereocenters. The Balaban J connectivity index is 2.52. The van der Waals surface area contributed by atoms with E-state index in [1.807, 2.05) is 0 Å². The molecule has 0 aliphatic carbocycles. The van der Waals surface area contributed by atoms with Crippen LogP contribution in [0.5, 0.6) is 5.75 Å². The molecule has 15 heavy (non-hydrogen) atoms. The molecule has 76 valence electrons. The normalized spacial score (nSPS) is 10.2. The lowest BCUT2D eigenvalue weighted by Crippen LogP contribution is -1.88. The Morgan fingerprint density at radius 1 is 1.33 bits per heavy atom. The first kappa shape index (κ1) is 9.45. The number of rotatable bonds is 2. The third-order valence-corrected chi connectivity index (χ3v) is 2.15. The highest BCUT2D eigenvalue weighted by atomic mass is 16.3. The van der Waals surface area contributed by atoms with Crippen LogP contribution in [0.1, 0.15) is 10.5 Å². The van der Waals surface area contributed by atoms with Gasteiger partial charge in [-0.05, 0) is 17.7 Å². The topological polar surface area (TPSA) is 55.1 Å². The Hall–Kier alpha value is -2.10. The van der Waals surface area contributed by atoms with Crippen molar-refractivity contribution in [3.8, 4) is 16.9 Å². The molecule has 0 amide bonds. The van der Waals surface area contributed by atoms with Crippen LogP contribution in [0.4, 0.5) is 0 Å². The first-order valence-electron chi connectivity index (χ1n) is 4.49. The molecule has 0 bridgehead atoms. The van der Waals surface area contributed by atoms with Crippen molar-refractivity contribution in [3.05, 3.63) is 36.2 Å². The zero-order valence-corrected chi connectivity index (χ0v) is 8.21. The Labute approximate surface area is 86.8 Å². The molecular formula is C11H10N2O2. The standard InChI is InChI=1S/C11H10N2O2/c1-13-6-10(11(7-14)12-13)8-2-4-9(15)5-3-8/h2-7,15H,1H3. The van der Waals surface area contributed by atoms with Crippen LogP contribution in [0.2, 0.25) is 0 Å². The van der Waals surface area contributed by atoms with E-state index in [-0.39, 0.29) is 5.75 Å². The van der Waals surface area contributed by atoms with Crippen LogP contribution >= 0.6 is 0 Å². The second-order valence-electron chi connectivity index (χ2n) is 3.27. The van der Waals surface area contributed by atoms with Crippen molar-refractivity contribution in [3.63, 3.8) is 0 Å². The molecule has 0 atom stereocenters. The molecule has 4 nitrogen and oxygen atoms in total. The van der Waals surface area contributed by atoms with Crippen LogP contribution in [0.3, 0.4) is 0 Å². The van der Waals surface area contributed by atoms with E-state index in [4.69, 9.17) is 5.11 Å².